The third kappa shape index (κ3) is 8.19. The number of carbonyl (C=O) groups excluding carboxylic acids is 2. The maximum Gasteiger partial charge on any atom is 0.264 e. The average molecular weight is 699 g/mol. The molecule has 0 fully saturated rings. The number of hydrogen-bond acceptors (Lipinski definition) is 5. The summed E-state index contributed by atoms with van der Waals surface area (Å²) in [6.45, 7) is 1.54. The van der Waals surface area contributed by atoms with Crippen molar-refractivity contribution in [2.24, 2.45) is 0 Å². The molecule has 0 saturated heterocycles. The molecule has 230 valence electrons. The lowest BCUT2D eigenvalue weighted by molar-refractivity contribution is -0.139. The Morgan fingerprint density at radius 3 is 2.23 bits per heavy atom. The normalized spacial score (nSPS) is 11.8. The molecule has 8 nitrogen and oxygen atoms in total. The van der Waals surface area contributed by atoms with Crippen molar-refractivity contribution in [3.05, 3.63) is 124 Å². The summed E-state index contributed by atoms with van der Waals surface area (Å²) >= 11 is 9.53. The molecule has 4 rings (SSSR count). The third-order valence-corrected chi connectivity index (χ3v) is 9.39. The van der Waals surface area contributed by atoms with Gasteiger partial charge in [-0.2, -0.15) is 0 Å². The summed E-state index contributed by atoms with van der Waals surface area (Å²) in [4.78, 5) is 29.2. The van der Waals surface area contributed by atoms with Crippen LogP contribution in [0.1, 0.15) is 18.1 Å². The number of hydrogen-bond donors (Lipinski definition) is 1. The number of likely N-dealkylation sites (N-methyl/N-ethyl adjacent to an activating group) is 1. The summed E-state index contributed by atoms with van der Waals surface area (Å²) in [6, 6.07) is 28.2. The van der Waals surface area contributed by atoms with Gasteiger partial charge in [-0.1, -0.05) is 82.1 Å². The Kier molecular flexibility index (Phi) is 11.4. The minimum Gasteiger partial charge on any atom is -0.492 e. The van der Waals surface area contributed by atoms with Crippen LogP contribution in [0.3, 0.4) is 0 Å². The first-order valence-corrected chi connectivity index (χ1v) is 16.5. The van der Waals surface area contributed by atoms with E-state index in [2.05, 4.69) is 21.2 Å². The Hall–Kier alpha value is -3.86. The van der Waals surface area contributed by atoms with E-state index in [-0.39, 0.29) is 36.1 Å². The number of nitrogens with one attached hydrogen (secondary N) is 1. The maximum atomic E-state index is 14.4. The number of ether oxygens (including phenoxy) is 1. The number of benzene rings is 4. The molecule has 0 aromatic heterocycles. The van der Waals surface area contributed by atoms with Crippen LogP contribution in [0.5, 0.6) is 5.75 Å². The van der Waals surface area contributed by atoms with E-state index in [0.29, 0.717) is 10.8 Å². The number of amides is 2. The molecule has 4 aromatic carbocycles. The molecule has 0 aliphatic heterocycles. The minimum absolute atomic E-state index is 0.0494. The Morgan fingerprint density at radius 1 is 0.909 bits per heavy atom. The minimum atomic E-state index is -4.29. The molecule has 1 N–H and O–H groups in total. The predicted molar refractivity (Wildman–Crippen MR) is 176 cm³/mol. The van der Waals surface area contributed by atoms with Crippen molar-refractivity contribution >= 4 is 55.1 Å². The molecule has 44 heavy (non-hydrogen) atoms. The van der Waals surface area contributed by atoms with E-state index in [1.807, 2.05) is 54.6 Å². The molecule has 0 spiro atoms. The molecular weight excluding hydrogens is 666 g/mol. The summed E-state index contributed by atoms with van der Waals surface area (Å²) in [5.74, 6) is -0.650. The monoisotopic (exact) mass is 697 g/mol. The summed E-state index contributed by atoms with van der Waals surface area (Å²) in [6.07, 6.45) is 0.222. The Labute approximate surface area is 271 Å². The molecule has 0 aliphatic rings. The fourth-order valence-corrected chi connectivity index (χ4v) is 6.74. The van der Waals surface area contributed by atoms with E-state index in [1.54, 1.807) is 31.2 Å². The van der Waals surface area contributed by atoms with Crippen molar-refractivity contribution in [3.8, 4) is 5.75 Å². The first kappa shape index (κ1) is 33.0. The summed E-state index contributed by atoms with van der Waals surface area (Å²) in [5.41, 5.74) is 1.80. The molecule has 2 amide bonds. The van der Waals surface area contributed by atoms with Crippen molar-refractivity contribution < 1.29 is 22.7 Å². The zero-order valence-electron chi connectivity index (χ0n) is 24.3. The number of nitrogens with zero attached hydrogens (tertiary/aromatic N) is 2. The van der Waals surface area contributed by atoms with Crippen molar-refractivity contribution in [1.82, 2.24) is 10.2 Å². The standard InChI is InChI=1S/C33H33BrClN3O5S/c1-3-43-31-15-8-7-14-29(31)38(44(41,42)28-18-16-27(35)17-19-28)23-32(39)37(22-25-12-9-13-26(34)20-25)30(33(40)36-2)21-24-10-5-4-6-11-24/h4-20,30H,3,21-23H2,1-2H3,(H,36,40)/t30-/m1/s1. The van der Waals surface area contributed by atoms with Crippen LogP contribution in [-0.2, 0) is 32.6 Å². The van der Waals surface area contributed by atoms with Crippen LogP contribution in [0.2, 0.25) is 5.02 Å². The smallest absolute Gasteiger partial charge is 0.264 e. The predicted octanol–water partition coefficient (Wildman–Crippen LogP) is 6.08. The van der Waals surface area contributed by atoms with Gasteiger partial charge in [-0.15, -0.1) is 0 Å². The number of rotatable bonds is 13. The van der Waals surface area contributed by atoms with Gasteiger partial charge in [0, 0.05) is 29.5 Å². The molecule has 0 unspecified atom stereocenters. The topological polar surface area (TPSA) is 96.0 Å². The van der Waals surface area contributed by atoms with Gasteiger partial charge in [0.05, 0.1) is 17.2 Å². The lowest BCUT2D eigenvalue weighted by atomic mass is 10.0. The maximum absolute atomic E-state index is 14.4. The van der Waals surface area contributed by atoms with Gasteiger partial charge >= 0.3 is 0 Å². The van der Waals surface area contributed by atoms with Crippen LogP contribution < -0.4 is 14.4 Å². The second kappa shape index (κ2) is 15.2. The van der Waals surface area contributed by atoms with Crippen LogP contribution in [0, 0.1) is 0 Å². The number of halogens is 2. The van der Waals surface area contributed by atoms with E-state index in [9.17, 15) is 18.0 Å². The lowest BCUT2D eigenvalue weighted by Crippen LogP contribution is -2.53. The first-order valence-electron chi connectivity index (χ1n) is 13.9. The van der Waals surface area contributed by atoms with Gasteiger partial charge in [-0.25, -0.2) is 8.42 Å². The second-order valence-corrected chi connectivity index (χ2v) is 13.1. The lowest BCUT2D eigenvalue weighted by Gasteiger charge is -2.34. The Morgan fingerprint density at radius 2 is 1.57 bits per heavy atom. The van der Waals surface area contributed by atoms with E-state index in [0.717, 1.165) is 19.9 Å². The largest absolute Gasteiger partial charge is 0.492 e. The fraction of sp³-hybridized carbons (Fsp3) is 0.212. The molecule has 0 bridgehead atoms. The van der Waals surface area contributed by atoms with Crippen LogP contribution in [-0.4, -0.2) is 51.4 Å². The number of carbonyl (C=O) groups is 2. The number of anilines is 1. The van der Waals surface area contributed by atoms with E-state index >= 15 is 0 Å². The molecular formula is C33H33BrClN3O5S. The van der Waals surface area contributed by atoms with E-state index < -0.39 is 28.5 Å². The molecule has 0 aliphatic carbocycles. The molecule has 11 heteroatoms. The summed E-state index contributed by atoms with van der Waals surface area (Å²) in [5, 5.41) is 3.05. The van der Waals surface area contributed by atoms with Crippen LogP contribution >= 0.6 is 27.5 Å². The van der Waals surface area contributed by atoms with Crippen LogP contribution in [0.15, 0.2) is 112 Å². The van der Waals surface area contributed by atoms with Gasteiger partial charge in [-0.05, 0) is 66.6 Å². The number of para-hydroxylation sites is 2. The van der Waals surface area contributed by atoms with Gasteiger partial charge in [0.2, 0.25) is 11.8 Å². The van der Waals surface area contributed by atoms with Crippen molar-refractivity contribution in [3.63, 3.8) is 0 Å². The summed E-state index contributed by atoms with van der Waals surface area (Å²) in [7, 11) is -2.78. The first-order chi connectivity index (χ1) is 21.1. The highest BCUT2D eigenvalue weighted by Crippen LogP contribution is 2.33. The Balaban J connectivity index is 1.82. The van der Waals surface area contributed by atoms with Crippen molar-refractivity contribution in [2.75, 3.05) is 24.5 Å². The molecule has 0 radical (unpaired) electrons. The van der Waals surface area contributed by atoms with Gasteiger partial charge < -0.3 is 15.0 Å². The van der Waals surface area contributed by atoms with Gasteiger partial charge in [0.25, 0.3) is 10.0 Å². The number of sulfonamides is 1. The highest BCUT2D eigenvalue weighted by molar-refractivity contribution is 9.10. The molecule has 1 atom stereocenters. The SMILES string of the molecule is CCOc1ccccc1N(CC(=O)N(Cc1cccc(Br)c1)[C@H](Cc1ccccc1)C(=O)NC)S(=O)(=O)c1ccc(Cl)cc1. The fourth-order valence-electron chi connectivity index (χ4n) is 4.74. The van der Waals surface area contributed by atoms with Crippen LogP contribution in [0.4, 0.5) is 5.69 Å². The summed E-state index contributed by atoms with van der Waals surface area (Å²) < 4.78 is 36.0. The van der Waals surface area contributed by atoms with Crippen molar-refractivity contribution in [1.29, 1.82) is 0 Å². The van der Waals surface area contributed by atoms with Gasteiger partial charge in [-0.3, -0.25) is 13.9 Å². The van der Waals surface area contributed by atoms with Crippen molar-refractivity contribution in [2.45, 2.75) is 30.8 Å². The third-order valence-electron chi connectivity index (χ3n) is 6.87. The quantitative estimate of drug-likeness (QED) is 0.183. The van der Waals surface area contributed by atoms with E-state index in [4.69, 9.17) is 16.3 Å². The van der Waals surface area contributed by atoms with Gasteiger partial charge in [0.1, 0.15) is 18.3 Å². The molecule has 4 aromatic rings. The highest BCUT2D eigenvalue weighted by Gasteiger charge is 2.35. The second-order valence-electron chi connectivity index (χ2n) is 9.84. The van der Waals surface area contributed by atoms with E-state index in [1.165, 1.54) is 36.2 Å². The zero-order chi connectivity index (χ0) is 31.7. The highest BCUT2D eigenvalue weighted by atomic mass is 79.9. The Bertz CT molecular complexity index is 1690. The molecule has 0 saturated carbocycles. The average Bonchev–Trinajstić information content (AvgIpc) is 3.02. The van der Waals surface area contributed by atoms with Gasteiger partial charge in [0.15, 0.2) is 0 Å². The van der Waals surface area contributed by atoms with Crippen LogP contribution in [0.25, 0.3) is 0 Å². The molecule has 0 heterocycles. The zero-order valence-corrected chi connectivity index (χ0v) is 27.5.